The van der Waals surface area contributed by atoms with Gasteiger partial charge in [-0.25, -0.2) is 13.1 Å². The highest BCUT2D eigenvalue weighted by Crippen LogP contribution is 2.20. The van der Waals surface area contributed by atoms with E-state index in [1.54, 1.807) is 18.2 Å². The SMILES string of the molecule is CS(=O)(=O)NCc1ccc(Cl)cc1Cl. The van der Waals surface area contributed by atoms with Gasteiger partial charge in [-0.15, -0.1) is 0 Å². The van der Waals surface area contributed by atoms with Crippen LogP contribution in [0.3, 0.4) is 0 Å². The maximum Gasteiger partial charge on any atom is 0.209 e. The Hall–Kier alpha value is -0.290. The summed E-state index contributed by atoms with van der Waals surface area (Å²) in [5, 5.41) is 0.978. The maximum absolute atomic E-state index is 10.8. The molecule has 0 saturated heterocycles. The molecule has 6 heteroatoms. The van der Waals surface area contributed by atoms with Crippen molar-refractivity contribution < 1.29 is 8.42 Å². The number of nitrogens with one attached hydrogen (secondary N) is 1. The Morgan fingerprint density at radius 3 is 2.50 bits per heavy atom. The number of hydrogen-bond acceptors (Lipinski definition) is 2. The van der Waals surface area contributed by atoms with E-state index in [1.807, 2.05) is 0 Å². The average Bonchev–Trinajstić information content (AvgIpc) is 2.00. The van der Waals surface area contributed by atoms with Gasteiger partial charge in [0.05, 0.1) is 6.26 Å². The summed E-state index contributed by atoms with van der Waals surface area (Å²) < 4.78 is 23.9. The summed E-state index contributed by atoms with van der Waals surface area (Å²) in [6, 6.07) is 4.91. The van der Waals surface area contributed by atoms with Crippen molar-refractivity contribution in [2.75, 3.05) is 6.26 Å². The molecular formula is C8H9Cl2NO2S. The number of rotatable bonds is 3. The molecule has 1 aromatic carbocycles. The number of benzene rings is 1. The van der Waals surface area contributed by atoms with Crippen LogP contribution in [0, 0.1) is 0 Å². The van der Waals surface area contributed by atoms with Crippen LogP contribution in [0.25, 0.3) is 0 Å². The van der Waals surface area contributed by atoms with Crippen LogP contribution in [-0.4, -0.2) is 14.7 Å². The van der Waals surface area contributed by atoms with Gasteiger partial charge in [0.25, 0.3) is 0 Å². The minimum Gasteiger partial charge on any atom is -0.213 e. The van der Waals surface area contributed by atoms with Gasteiger partial charge in [0.2, 0.25) is 10.0 Å². The van der Waals surface area contributed by atoms with Crippen LogP contribution in [0.1, 0.15) is 5.56 Å². The molecule has 0 fully saturated rings. The van der Waals surface area contributed by atoms with Crippen molar-refractivity contribution in [2.24, 2.45) is 0 Å². The van der Waals surface area contributed by atoms with Gasteiger partial charge in [-0.05, 0) is 17.7 Å². The monoisotopic (exact) mass is 253 g/mol. The molecule has 0 amide bonds. The molecule has 0 radical (unpaired) electrons. The van der Waals surface area contributed by atoms with Crippen molar-refractivity contribution in [3.63, 3.8) is 0 Å². The minimum atomic E-state index is -3.19. The lowest BCUT2D eigenvalue weighted by Gasteiger charge is -2.04. The van der Waals surface area contributed by atoms with Crippen LogP contribution in [0.15, 0.2) is 18.2 Å². The minimum absolute atomic E-state index is 0.175. The van der Waals surface area contributed by atoms with E-state index in [-0.39, 0.29) is 6.54 Å². The Kier molecular flexibility index (Phi) is 3.78. The fourth-order valence-electron chi connectivity index (χ4n) is 0.874. The lowest BCUT2D eigenvalue weighted by molar-refractivity contribution is 0.587. The molecule has 1 aromatic rings. The van der Waals surface area contributed by atoms with E-state index in [2.05, 4.69) is 4.72 Å². The summed E-state index contributed by atoms with van der Waals surface area (Å²) in [6.45, 7) is 0.175. The van der Waals surface area contributed by atoms with Gasteiger partial charge in [0, 0.05) is 16.6 Å². The smallest absolute Gasteiger partial charge is 0.209 e. The highest BCUT2D eigenvalue weighted by atomic mass is 35.5. The molecule has 0 unspecified atom stereocenters. The van der Waals surface area contributed by atoms with Gasteiger partial charge < -0.3 is 0 Å². The molecule has 0 heterocycles. The largest absolute Gasteiger partial charge is 0.213 e. The average molecular weight is 254 g/mol. The first-order chi connectivity index (χ1) is 6.38. The summed E-state index contributed by atoms with van der Waals surface area (Å²) >= 11 is 11.5. The fourth-order valence-corrected chi connectivity index (χ4v) is 1.77. The summed E-state index contributed by atoms with van der Waals surface area (Å²) in [5.74, 6) is 0. The standard InChI is InChI=1S/C8H9Cl2NO2S/c1-14(12,13)11-5-6-2-3-7(9)4-8(6)10/h2-4,11H,5H2,1H3. The first-order valence-corrected chi connectivity index (χ1v) is 6.42. The third kappa shape index (κ3) is 3.84. The molecule has 0 spiro atoms. The van der Waals surface area contributed by atoms with E-state index in [0.29, 0.717) is 15.6 Å². The normalized spacial score (nSPS) is 11.6. The predicted molar refractivity (Wildman–Crippen MR) is 58.1 cm³/mol. The summed E-state index contributed by atoms with van der Waals surface area (Å²) in [7, 11) is -3.19. The highest BCUT2D eigenvalue weighted by molar-refractivity contribution is 7.88. The summed E-state index contributed by atoms with van der Waals surface area (Å²) in [5.41, 5.74) is 0.696. The van der Waals surface area contributed by atoms with E-state index in [1.165, 1.54) is 0 Å². The predicted octanol–water partition coefficient (Wildman–Crippen LogP) is 2.04. The molecule has 0 atom stereocenters. The molecule has 14 heavy (non-hydrogen) atoms. The van der Waals surface area contributed by atoms with E-state index in [0.717, 1.165) is 6.26 Å². The van der Waals surface area contributed by atoms with Gasteiger partial charge >= 0.3 is 0 Å². The zero-order valence-electron chi connectivity index (χ0n) is 7.42. The Bertz CT molecular complexity index is 431. The molecule has 0 saturated carbocycles. The lowest BCUT2D eigenvalue weighted by Crippen LogP contribution is -2.21. The van der Waals surface area contributed by atoms with E-state index < -0.39 is 10.0 Å². The number of hydrogen-bond donors (Lipinski definition) is 1. The summed E-state index contributed by atoms with van der Waals surface area (Å²) in [4.78, 5) is 0. The number of sulfonamides is 1. The van der Waals surface area contributed by atoms with E-state index >= 15 is 0 Å². The molecule has 0 bridgehead atoms. The molecule has 0 aliphatic heterocycles. The van der Waals surface area contributed by atoms with Crippen LogP contribution >= 0.6 is 23.2 Å². The first kappa shape index (κ1) is 11.8. The zero-order valence-corrected chi connectivity index (χ0v) is 9.75. The van der Waals surface area contributed by atoms with Gasteiger partial charge in [0.1, 0.15) is 0 Å². The van der Waals surface area contributed by atoms with Crippen LogP contribution in [0.5, 0.6) is 0 Å². The highest BCUT2D eigenvalue weighted by Gasteiger charge is 2.04. The van der Waals surface area contributed by atoms with Gasteiger partial charge in [0.15, 0.2) is 0 Å². The molecule has 78 valence electrons. The second kappa shape index (κ2) is 4.49. The maximum atomic E-state index is 10.8. The van der Waals surface area contributed by atoms with Crippen molar-refractivity contribution in [2.45, 2.75) is 6.54 Å². The second-order valence-corrected chi connectivity index (χ2v) is 5.51. The first-order valence-electron chi connectivity index (χ1n) is 3.77. The molecule has 0 aromatic heterocycles. The third-order valence-corrected chi connectivity index (χ3v) is 2.80. The molecule has 1 N–H and O–H groups in total. The van der Waals surface area contributed by atoms with Crippen molar-refractivity contribution in [1.29, 1.82) is 0 Å². The van der Waals surface area contributed by atoms with Crippen LogP contribution in [0.2, 0.25) is 10.0 Å². The topological polar surface area (TPSA) is 46.2 Å². The zero-order chi connectivity index (χ0) is 10.8. The number of halogens is 2. The lowest BCUT2D eigenvalue weighted by atomic mass is 10.2. The van der Waals surface area contributed by atoms with Crippen molar-refractivity contribution in [3.05, 3.63) is 33.8 Å². The molecule has 1 rings (SSSR count). The van der Waals surface area contributed by atoms with E-state index in [4.69, 9.17) is 23.2 Å². The Morgan fingerprint density at radius 2 is 2.00 bits per heavy atom. The van der Waals surface area contributed by atoms with Gasteiger partial charge in [-0.3, -0.25) is 0 Å². The van der Waals surface area contributed by atoms with Crippen LogP contribution in [0.4, 0.5) is 0 Å². The Morgan fingerprint density at radius 1 is 1.36 bits per heavy atom. The van der Waals surface area contributed by atoms with Crippen molar-refractivity contribution in [3.8, 4) is 0 Å². The molecule has 0 aliphatic carbocycles. The van der Waals surface area contributed by atoms with Crippen LogP contribution < -0.4 is 4.72 Å². The third-order valence-electron chi connectivity index (χ3n) is 1.54. The van der Waals surface area contributed by atoms with Gasteiger partial charge in [-0.2, -0.15) is 0 Å². The fraction of sp³-hybridized carbons (Fsp3) is 0.250. The Labute approximate surface area is 93.1 Å². The second-order valence-electron chi connectivity index (χ2n) is 2.83. The van der Waals surface area contributed by atoms with E-state index in [9.17, 15) is 8.42 Å². The van der Waals surface area contributed by atoms with Gasteiger partial charge in [-0.1, -0.05) is 29.3 Å². The molecule has 3 nitrogen and oxygen atoms in total. The summed E-state index contributed by atoms with van der Waals surface area (Å²) in [6.07, 6.45) is 1.09. The Balaban J connectivity index is 2.78. The molecular weight excluding hydrogens is 245 g/mol. The van der Waals surface area contributed by atoms with Crippen molar-refractivity contribution in [1.82, 2.24) is 4.72 Å². The quantitative estimate of drug-likeness (QED) is 0.897. The van der Waals surface area contributed by atoms with Crippen molar-refractivity contribution >= 4 is 33.2 Å². The van der Waals surface area contributed by atoms with Crippen LogP contribution in [-0.2, 0) is 16.6 Å². The molecule has 0 aliphatic rings.